The monoisotopic (exact) mass is 235 g/mol. The van der Waals surface area contributed by atoms with E-state index in [2.05, 4.69) is 38.2 Å². The number of nitrogens with one attached hydrogen (secondary N) is 1. The van der Waals surface area contributed by atoms with Gasteiger partial charge in [-0.15, -0.1) is 11.3 Å². The molecular weight excluding hydrogens is 218 g/mol. The highest BCUT2D eigenvalue weighted by molar-refractivity contribution is 7.12. The Bertz CT molecular complexity index is 432. The Labute approximate surface area is 100 Å². The van der Waals surface area contributed by atoms with Crippen LogP contribution in [0.15, 0.2) is 34.9 Å². The fourth-order valence-electron chi connectivity index (χ4n) is 1.76. The van der Waals surface area contributed by atoms with Crippen LogP contribution in [0.25, 0.3) is 0 Å². The molecular formula is C13H17NOS. The molecule has 0 aromatic carbocycles. The van der Waals surface area contributed by atoms with Gasteiger partial charge in [-0.2, -0.15) is 0 Å². The van der Waals surface area contributed by atoms with Gasteiger partial charge in [0.05, 0.1) is 12.3 Å². The van der Waals surface area contributed by atoms with Crippen LogP contribution in [0, 0.1) is 6.92 Å². The highest BCUT2D eigenvalue weighted by Gasteiger charge is 2.13. The van der Waals surface area contributed by atoms with Crippen LogP contribution in [-0.4, -0.2) is 0 Å². The second-order valence-electron chi connectivity index (χ2n) is 4.07. The molecule has 2 atom stereocenters. The van der Waals surface area contributed by atoms with E-state index in [0.717, 1.165) is 5.76 Å². The lowest BCUT2D eigenvalue weighted by molar-refractivity contribution is 0.405. The standard InChI is InChI=1S/C13H17NOS/c1-9-6-7-13(16-9)11(3)14-10(2)12-5-4-8-15-12/h4-8,10-11,14H,1-3H3/t10-,11?/m1/s1. The number of hydrogen-bond donors (Lipinski definition) is 1. The van der Waals surface area contributed by atoms with E-state index < -0.39 is 0 Å². The van der Waals surface area contributed by atoms with E-state index in [4.69, 9.17) is 4.42 Å². The van der Waals surface area contributed by atoms with Crippen LogP contribution in [0.5, 0.6) is 0 Å². The smallest absolute Gasteiger partial charge is 0.120 e. The van der Waals surface area contributed by atoms with Gasteiger partial charge in [0.25, 0.3) is 0 Å². The fraction of sp³-hybridized carbons (Fsp3) is 0.385. The van der Waals surface area contributed by atoms with Crippen molar-refractivity contribution in [2.45, 2.75) is 32.9 Å². The van der Waals surface area contributed by atoms with Crippen molar-refractivity contribution in [1.29, 1.82) is 0 Å². The number of rotatable bonds is 4. The molecule has 2 aromatic rings. The minimum atomic E-state index is 0.243. The largest absolute Gasteiger partial charge is 0.468 e. The molecule has 0 saturated carbocycles. The molecule has 3 heteroatoms. The van der Waals surface area contributed by atoms with Gasteiger partial charge < -0.3 is 9.73 Å². The zero-order valence-corrected chi connectivity index (χ0v) is 10.7. The molecule has 2 aromatic heterocycles. The Balaban J connectivity index is 2.00. The number of hydrogen-bond acceptors (Lipinski definition) is 3. The minimum absolute atomic E-state index is 0.243. The van der Waals surface area contributed by atoms with E-state index >= 15 is 0 Å². The maximum atomic E-state index is 5.38. The lowest BCUT2D eigenvalue weighted by Gasteiger charge is -2.17. The summed E-state index contributed by atoms with van der Waals surface area (Å²) in [5.74, 6) is 0.986. The number of aryl methyl sites for hydroxylation is 1. The van der Waals surface area contributed by atoms with Crippen LogP contribution < -0.4 is 5.32 Å². The lowest BCUT2D eigenvalue weighted by Crippen LogP contribution is -2.21. The summed E-state index contributed by atoms with van der Waals surface area (Å²) in [6, 6.07) is 8.88. The highest BCUT2D eigenvalue weighted by atomic mass is 32.1. The Morgan fingerprint density at radius 3 is 2.56 bits per heavy atom. The first-order chi connectivity index (χ1) is 7.66. The molecule has 2 nitrogen and oxygen atoms in total. The summed E-state index contributed by atoms with van der Waals surface area (Å²) in [7, 11) is 0. The summed E-state index contributed by atoms with van der Waals surface area (Å²) in [6.07, 6.45) is 1.72. The van der Waals surface area contributed by atoms with Crippen LogP contribution >= 0.6 is 11.3 Å². The summed E-state index contributed by atoms with van der Waals surface area (Å²) >= 11 is 1.84. The summed E-state index contributed by atoms with van der Waals surface area (Å²) in [5, 5.41) is 3.53. The molecule has 0 saturated heterocycles. The van der Waals surface area contributed by atoms with Crippen molar-refractivity contribution >= 4 is 11.3 Å². The molecule has 86 valence electrons. The average Bonchev–Trinajstić information content (AvgIpc) is 2.87. The maximum absolute atomic E-state index is 5.38. The first-order valence-corrected chi connectivity index (χ1v) is 6.34. The van der Waals surface area contributed by atoms with Gasteiger partial charge in [0, 0.05) is 15.8 Å². The van der Waals surface area contributed by atoms with E-state index in [-0.39, 0.29) is 6.04 Å². The molecule has 0 spiro atoms. The van der Waals surface area contributed by atoms with E-state index in [1.165, 1.54) is 9.75 Å². The predicted octanol–water partition coefficient (Wildman–Crippen LogP) is 4.06. The van der Waals surface area contributed by atoms with Crippen LogP contribution in [0.2, 0.25) is 0 Å². The molecule has 0 fully saturated rings. The third-order valence-corrected chi connectivity index (χ3v) is 3.84. The first kappa shape index (κ1) is 11.4. The van der Waals surface area contributed by atoms with Crippen LogP contribution in [0.3, 0.4) is 0 Å². The van der Waals surface area contributed by atoms with Crippen LogP contribution in [0.1, 0.15) is 41.4 Å². The van der Waals surface area contributed by atoms with Gasteiger partial charge >= 0.3 is 0 Å². The van der Waals surface area contributed by atoms with Gasteiger partial charge in [0.15, 0.2) is 0 Å². The van der Waals surface area contributed by atoms with E-state index in [1.54, 1.807) is 6.26 Å². The molecule has 16 heavy (non-hydrogen) atoms. The molecule has 1 N–H and O–H groups in total. The second-order valence-corrected chi connectivity index (χ2v) is 5.39. The Hall–Kier alpha value is -1.06. The van der Waals surface area contributed by atoms with E-state index in [0.29, 0.717) is 6.04 Å². The van der Waals surface area contributed by atoms with Crippen molar-refractivity contribution in [3.63, 3.8) is 0 Å². The average molecular weight is 235 g/mol. The number of thiophene rings is 1. The predicted molar refractivity (Wildman–Crippen MR) is 67.7 cm³/mol. The number of furan rings is 1. The van der Waals surface area contributed by atoms with E-state index in [1.807, 2.05) is 23.5 Å². The van der Waals surface area contributed by atoms with Gasteiger partial charge in [-0.05, 0) is 45.0 Å². The van der Waals surface area contributed by atoms with Crippen molar-refractivity contribution in [2.75, 3.05) is 0 Å². The maximum Gasteiger partial charge on any atom is 0.120 e. The van der Waals surface area contributed by atoms with Crippen molar-refractivity contribution in [3.8, 4) is 0 Å². The fourth-order valence-corrected chi connectivity index (χ4v) is 2.65. The molecule has 0 aliphatic carbocycles. The van der Waals surface area contributed by atoms with Gasteiger partial charge in [-0.3, -0.25) is 0 Å². The van der Waals surface area contributed by atoms with Crippen molar-refractivity contribution < 1.29 is 4.42 Å². The normalized spacial score (nSPS) is 14.9. The Morgan fingerprint density at radius 2 is 2.00 bits per heavy atom. The molecule has 0 aliphatic rings. The summed E-state index contributed by atoms with van der Waals surface area (Å²) in [4.78, 5) is 2.73. The summed E-state index contributed by atoms with van der Waals surface area (Å²) in [5.41, 5.74) is 0. The van der Waals surface area contributed by atoms with Gasteiger partial charge in [-0.25, -0.2) is 0 Å². The molecule has 0 radical (unpaired) electrons. The van der Waals surface area contributed by atoms with E-state index in [9.17, 15) is 0 Å². The topological polar surface area (TPSA) is 25.2 Å². The molecule has 0 amide bonds. The molecule has 0 aliphatic heterocycles. The minimum Gasteiger partial charge on any atom is -0.468 e. The molecule has 0 bridgehead atoms. The van der Waals surface area contributed by atoms with Gasteiger partial charge in [-0.1, -0.05) is 0 Å². The zero-order valence-electron chi connectivity index (χ0n) is 9.86. The molecule has 2 heterocycles. The summed E-state index contributed by atoms with van der Waals surface area (Å²) in [6.45, 7) is 6.44. The second kappa shape index (κ2) is 4.85. The molecule has 1 unspecified atom stereocenters. The SMILES string of the molecule is Cc1ccc(C(C)N[C@H](C)c2ccco2)s1. The van der Waals surface area contributed by atoms with Crippen molar-refractivity contribution in [2.24, 2.45) is 0 Å². The lowest BCUT2D eigenvalue weighted by atomic mass is 10.2. The zero-order chi connectivity index (χ0) is 11.5. The summed E-state index contributed by atoms with van der Waals surface area (Å²) < 4.78 is 5.38. The third kappa shape index (κ3) is 2.54. The van der Waals surface area contributed by atoms with Crippen molar-refractivity contribution in [3.05, 3.63) is 46.0 Å². The Morgan fingerprint density at radius 1 is 1.19 bits per heavy atom. The molecule has 2 rings (SSSR count). The third-order valence-electron chi connectivity index (χ3n) is 2.66. The Kier molecular flexibility index (Phi) is 3.46. The van der Waals surface area contributed by atoms with Gasteiger partial charge in [0.2, 0.25) is 0 Å². The van der Waals surface area contributed by atoms with Gasteiger partial charge in [0.1, 0.15) is 5.76 Å². The van der Waals surface area contributed by atoms with Crippen LogP contribution in [-0.2, 0) is 0 Å². The van der Waals surface area contributed by atoms with Crippen molar-refractivity contribution in [1.82, 2.24) is 5.32 Å². The quantitative estimate of drug-likeness (QED) is 0.864. The highest BCUT2D eigenvalue weighted by Crippen LogP contribution is 2.25. The first-order valence-electron chi connectivity index (χ1n) is 5.52. The van der Waals surface area contributed by atoms with Crippen LogP contribution in [0.4, 0.5) is 0 Å².